The van der Waals surface area contributed by atoms with Gasteiger partial charge in [-0.15, -0.1) is 22.7 Å². The number of fused-ring (bicyclic) bond motifs is 1. The molecule has 1 atom stereocenters. The summed E-state index contributed by atoms with van der Waals surface area (Å²) in [6.45, 7) is 3.17. The largest absolute Gasteiger partial charge is 0.395 e. The molecule has 1 fully saturated rings. The standard InChI is InChI=1S/C20H22N4O4S2/c1-12-16(29-11-22-12)20(27)24-7-9-28-14(10-24)15-13-4-3-5-21-18(13)30-17(15)19(26)23(2)6-8-25/h3-5,11,14,25H,6-10H2,1-2H3/t14-/m0/s1. The highest BCUT2D eigenvalue weighted by Crippen LogP contribution is 2.38. The number of hydrogen-bond acceptors (Lipinski definition) is 8. The quantitative estimate of drug-likeness (QED) is 0.646. The number of nitrogens with zero attached hydrogens (tertiary/aromatic N) is 4. The van der Waals surface area contributed by atoms with E-state index in [0.29, 0.717) is 29.5 Å². The van der Waals surface area contributed by atoms with Crippen molar-refractivity contribution in [1.29, 1.82) is 0 Å². The van der Waals surface area contributed by atoms with Crippen LogP contribution in [0.5, 0.6) is 0 Å². The molecule has 30 heavy (non-hydrogen) atoms. The number of carbonyl (C=O) groups is 2. The molecule has 10 heteroatoms. The van der Waals surface area contributed by atoms with E-state index in [9.17, 15) is 14.7 Å². The van der Waals surface area contributed by atoms with Crippen LogP contribution >= 0.6 is 22.7 Å². The van der Waals surface area contributed by atoms with E-state index < -0.39 is 6.10 Å². The van der Waals surface area contributed by atoms with Gasteiger partial charge >= 0.3 is 0 Å². The van der Waals surface area contributed by atoms with Crippen molar-refractivity contribution in [2.24, 2.45) is 0 Å². The Kier molecular flexibility index (Phi) is 6.09. The van der Waals surface area contributed by atoms with Crippen molar-refractivity contribution in [3.8, 4) is 0 Å². The van der Waals surface area contributed by atoms with E-state index in [1.54, 1.807) is 23.7 Å². The maximum Gasteiger partial charge on any atom is 0.266 e. The van der Waals surface area contributed by atoms with E-state index >= 15 is 0 Å². The monoisotopic (exact) mass is 446 g/mol. The molecule has 0 aliphatic carbocycles. The van der Waals surface area contributed by atoms with E-state index in [2.05, 4.69) is 9.97 Å². The average molecular weight is 447 g/mol. The molecule has 158 valence electrons. The number of amides is 2. The van der Waals surface area contributed by atoms with Crippen LogP contribution in [0, 0.1) is 6.92 Å². The number of thiazole rings is 1. The number of rotatable bonds is 5. The number of hydrogen-bond donors (Lipinski definition) is 1. The number of aryl methyl sites for hydroxylation is 1. The molecule has 0 unspecified atom stereocenters. The van der Waals surface area contributed by atoms with E-state index in [-0.39, 0.29) is 25.0 Å². The number of aromatic nitrogens is 2. The minimum Gasteiger partial charge on any atom is -0.395 e. The fraction of sp³-hybridized carbons (Fsp3) is 0.400. The minimum atomic E-state index is -0.435. The first-order chi connectivity index (χ1) is 14.5. The van der Waals surface area contributed by atoms with Crippen LogP contribution in [0.3, 0.4) is 0 Å². The van der Waals surface area contributed by atoms with Crippen molar-refractivity contribution >= 4 is 44.7 Å². The second-order valence-electron chi connectivity index (χ2n) is 7.03. The van der Waals surface area contributed by atoms with Crippen molar-refractivity contribution in [2.75, 3.05) is 39.9 Å². The summed E-state index contributed by atoms with van der Waals surface area (Å²) >= 11 is 2.65. The maximum absolute atomic E-state index is 13.1. The predicted octanol–water partition coefficient (Wildman–Crippen LogP) is 2.34. The van der Waals surface area contributed by atoms with Gasteiger partial charge in [-0.05, 0) is 13.0 Å². The molecule has 3 aromatic heterocycles. The van der Waals surface area contributed by atoms with Crippen LogP contribution in [0.1, 0.15) is 36.7 Å². The third-order valence-electron chi connectivity index (χ3n) is 5.10. The fourth-order valence-corrected chi connectivity index (χ4v) is 5.47. The number of likely N-dealkylation sites (N-methyl/N-ethyl adjacent to an activating group) is 1. The summed E-state index contributed by atoms with van der Waals surface area (Å²) in [6, 6.07) is 3.76. The van der Waals surface area contributed by atoms with Crippen LogP contribution in [-0.4, -0.2) is 76.6 Å². The van der Waals surface area contributed by atoms with E-state index in [1.165, 1.54) is 27.6 Å². The summed E-state index contributed by atoms with van der Waals surface area (Å²) < 4.78 is 6.04. The summed E-state index contributed by atoms with van der Waals surface area (Å²) in [5, 5.41) is 10.1. The molecule has 1 N–H and O–H groups in total. The summed E-state index contributed by atoms with van der Waals surface area (Å²) in [5.41, 5.74) is 3.16. The molecule has 3 aromatic rings. The van der Waals surface area contributed by atoms with Crippen LogP contribution in [0.15, 0.2) is 23.8 Å². The number of morpholine rings is 1. The summed E-state index contributed by atoms with van der Waals surface area (Å²) in [5.74, 6) is -0.251. The normalized spacial score (nSPS) is 16.8. The molecule has 8 nitrogen and oxygen atoms in total. The molecule has 0 bridgehead atoms. The highest BCUT2D eigenvalue weighted by atomic mass is 32.1. The molecule has 2 amide bonds. The molecular weight excluding hydrogens is 424 g/mol. The second kappa shape index (κ2) is 8.76. The van der Waals surface area contributed by atoms with Crippen molar-refractivity contribution in [3.63, 3.8) is 0 Å². The van der Waals surface area contributed by atoms with Gasteiger partial charge in [-0.1, -0.05) is 6.07 Å². The topological polar surface area (TPSA) is 95.9 Å². The first-order valence-electron chi connectivity index (χ1n) is 9.56. The Morgan fingerprint density at radius 3 is 2.93 bits per heavy atom. The van der Waals surface area contributed by atoms with Gasteiger partial charge in [-0.3, -0.25) is 9.59 Å². The number of ether oxygens (including phenoxy) is 1. The Hall–Kier alpha value is -2.40. The average Bonchev–Trinajstić information content (AvgIpc) is 3.36. The Labute approximate surface area is 181 Å². The van der Waals surface area contributed by atoms with Crippen LogP contribution in [0.25, 0.3) is 10.2 Å². The fourth-order valence-electron chi connectivity index (χ4n) is 3.51. The summed E-state index contributed by atoms with van der Waals surface area (Å²) in [4.78, 5) is 39.8. The molecule has 4 rings (SSSR count). The summed E-state index contributed by atoms with van der Waals surface area (Å²) in [6.07, 6.45) is 1.26. The van der Waals surface area contributed by atoms with Gasteiger partial charge in [0.25, 0.3) is 11.8 Å². The van der Waals surface area contributed by atoms with Crippen LogP contribution in [0.4, 0.5) is 0 Å². The first kappa shape index (κ1) is 20.9. The smallest absolute Gasteiger partial charge is 0.266 e. The first-order valence-corrected chi connectivity index (χ1v) is 11.3. The lowest BCUT2D eigenvalue weighted by Gasteiger charge is -2.33. The van der Waals surface area contributed by atoms with Gasteiger partial charge < -0.3 is 19.6 Å². The second-order valence-corrected chi connectivity index (χ2v) is 8.88. The van der Waals surface area contributed by atoms with Gasteiger partial charge in [0.1, 0.15) is 20.7 Å². The van der Waals surface area contributed by atoms with E-state index in [0.717, 1.165) is 21.5 Å². The van der Waals surface area contributed by atoms with E-state index in [1.807, 2.05) is 19.1 Å². The Morgan fingerprint density at radius 2 is 2.20 bits per heavy atom. The van der Waals surface area contributed by atoms with Gasteiger partial charge in [-0.25, -0.2) is 9.97 Å². The lowest BCUT2D eigenvalue weighted by Crippen LogP contribution is -2.42. The van der Waals surface area contributed by atoms with Crippen LogP contribution in [-0.2, 0) is 4.74 Å². The molecule has 0 saturated carbocycles. The lowest BCUT2D eigenvalue weighted by atomic mass is 10.0. The maximum atomic E-state index is 13.1. The number of thiophene rings is 1. The molecule has 0 spiro atoms. The zero-order valence-corrected chi connectivity index (χ0v) is 18.3. The Bertz CT molecular complexity index is 1080. The third kappa shape index (κ3) is 3.83. The molecule has 0 aromatic carbocycles. The number of aliphatic hydroxyl groups is 1. The SMILES string of the molecule is Cc1ncsc1C(=O)N1CCO[C@H](c2c(C(=O)N(C)CCO)sc3ncccc23)C1. The van der Waals surface area contributed by atoms with Gasteiger partial charge in [-0.2, -0.15) is 0 Å². The molecule has 0 radical (unpaired) electrons. The van der Waals surface area contributed by atoms with Gasteiger partial charge in [0, 0.05) is 37.3 Å². The Morgan fingerprint density at radius 1 is 1.37 bits per heavy atom. The van der Waals surface area contributed by atoms with Crippen molar-refractivity contribution in [2.45, 2.75) is 13.0 Å². The molecule has 1 aliphatic rings. The molecule has 4 heterocycles. The highest BCUT2D eigenvalue weighted by molar-refractivity contribution is 7.20. The van der Waals surface area contributed by atoms with Crippen molar-refractivity contribution in [1.82, 2.24) is 19.8 Å². The highest BCUT2D eigenvalue weighted by Gasteiger charge is 2.33. The van der Waals surface area contributed by atoms with Crippen molar-refractivity contribution < 1.29 is 19.4 Å². The molecule has 1 aliphatic heterocycles. The van der Waals surface area contributed by atoms with E-state index in [4.69, 9.17) is 4.74 Å². The van der Waals surface area contributed by atoms with Crippen LogP contribution in [0.2, 0.25) is 0 Å². The minimum absolute atomic E-state index is 0.0637. The third-order valence-corrected chi connectivity index (χ3v) is 7.13. The predicted molar refractivity (Wildman–Crippen MR) is 115 cm³/mol. The number of pyridine rings is 1. The van der Waals surface area contributed by atoms with Crippen LogP contribution < -0.4 is 0 Å². The lowest BCUT2D eigenvalue weighted by molar-refractivity contribution is -0.0222. The molecule has 1 saturated heterocycles. The Balaban J connectivity index is 1.69. The molecular formula is C20H22N4O4S2. The summed E-state index contributed by atoms with van der Waals surface area (Å²) in [7, 11) is 1.66. The van der Waals surface area contributed by atoms with Crippen molar-refractivity contribution in [3.05, 3.63) is 44.9 Å². The number of aliphatic hydroxyl groups excluding tert-OH is 1. The number of carbonyl (C=O) groups excluding carboxylic acids is 2. The van der Waals surface area contributed by atoms with Gasteiger partial charge in [0.2, 0.25) is 0 Å². The van der Waals surface area contributed by atoms with Gasteiger partial charge in [0.05, 0.1) is 31.0 Å². The zero-order chi connectivity index (χ0) is 21.3. The zero-order valence-electron chi connectivity index (χ0n) is 16.7. The van der Waals surface area contributed by atoms with Gasteiger partial charge in [0.15, 0.2) is 0 Å².